The lowest BCUT2D eigenvalue weighted by Crippen LogP contribution is -2.45. The zero-order valence-electron chi connectivity index (χ0n) is 23.8. The Labute approximate surface area is 243 Å². The maximum atomic E-state index is 14.0. The van der Waals surface area contributed by atoms with E-state index in [2.05, 4.69) is 15.0 Å². The molecule has 0 spiro atoms. The molecule has 1 saturated heterocycles. The van der Waals surface area contributed by atoms with E-state index in [0.717, 1.165) is 0 Å². The minimum atomic E-state index is -4.40. The van der Waals surface area contributed by atoms with Crippen molar-refractivity contribution in [2.24, 2.45) is 5.41 Å². The van der Waals surface area contributed by atoms with Gasteiger partial charge in [0.2, 0.25) is 0 Å². The van der Waals surface area contributed by atoms with Gasteiger partial charge in [-0.3, -0.25) is 18.9 Å². The maximum Gasteiger partial charge on any atom is 0.459 e. The second-order valence-electron chi connectivity index (χ2n) is 11.3. The van der Waals surface area contributed by atoms with Crippen LogP contribution in [0.5, 0.6) is 5.75 Å². The number of esters is 1. The van der Waals surface area contributed by atoms with E-state index < -0.39 is 50.4 Å². The van der Waals surface area contributed by atoms with Gasteiger partial charge in [0, 0.05) is 6.20 Å². The molecule has 5 N–H and O–H groups in total. The number of carbonyl (C=O) groups excluding carboxylic acids is 1. The SMILES string of the molecule is [C-]#[N+][C@]1(CO[P@@](=O)(N[C@@H](C)C(=O)OCCC(C)(C)C)Oc2ccccc2)O[C@@H](c2ccc3c(N)ccnn23)[C@H](O)[C@@H]1O. The smallest absolute Gasteiger partial charge is 0.459 e. The van der Waals surface area contributed by atoms with Gasteiger partial charge in [0.05, 0.1) is 23.5 Å². The summed E-state index contributed by atoms with van der Waals surface area (Å²) in [5.41, 5.74) is 5.09. The molecule has 13 nitrogen and oxygen atoms in total. The zero-order valence-corrected chi connectivity index (χ0v) is 24.7. The number of nitrogens with two attached hydrogens (primary N) is 1. The summed E-state index contributed by atoms with van der Waals surface area (Å²) >= 11 is 0. The molecule has 0 unspecified atom stereocenters. The molecule has 3 aromatic rings. The van der Waals surface area contributed by atoms with Crippen molar-refractivity contribution < 1.29 is 38.1 Å². The lowest BCUT2D eigenvalue weighted by atomic mass is 9.93. The fourth-order valence-corrected chi connectivity index (χ4v) is 5.82. The Morgan fingerprint density at radius 2 is 1.98 bits per heavy atom. The van der Waals surface area contributed by atoms with Gasteiger partial charge in [-0.15, -0.1) is 0 Å². The van der Waals surface area contributed by atoms with E-state index in [9.17, 15) is 19.6 Å². The van der Waals surface area contributed by atoms with Crippen LogP contribution >= 0.6 is 7.75 Å². The van der Waals surface area contributed by atoms with Crippen LogP contribution in [0.15, 0.2) is 54.7 Å². The van der Waals surface area contributed by atoms with Crippen LogP contribution in [0, 0.1) is 12.0 Å². The molecule has 1 aliphatic rings. The highest BCUT2D eigenvalue weighted by Gasteiger charge is 2.62. The van der Waals surface area contributed by atoms with Gasteiger partial charge in [-0.05, 0) is 49.1 Å². The first-order valence-electron chi connectivity index (χ1n) is 13.4. The van der Waals surface area contributed by atoms with E-state index in [-0.39, 0.29) is 17.8 Å². The molecule has 2 aromatic heterocycles. The summed E-state index contributed by atoms with van der Waals surface area (Å²) in [7, 11) is -4.40. The summed E-state index contributed by atoms with van der Waals surface area (Å²) in [6, 6.07) is 11.9. The lowest BCUT2D eigenvalue weighted by molar-refractivity contribution is -0.146. The molecule has 14 heteroatoms. The third kappa shape index (κ3) is 6.93. The van der Waals surface area contributed by atoms with Crippen LogP contribution < -0.4 is 15.3 Å². The van der Waals surface area contributed by atoms with Crippen molar-refractivity contribution in [2.45, 2.75) is 64.2 Å². The number of ether oxygens (including phenoxy) is 2. The van der Waals surface area contributed by atoms with Gasteiger partial charge in [0.1, 0.15) is 24.0 Å². The fourth-order valence-electron chi connectivity index (χ4n) is 4.30. The molecule has 6 atom stereocenters. The van der Waals surface area contributed by atoms with E-state index in [4.69, 9.17) is 30.8 Å². The molecule has 1 aromatic carbocycles. The first kappa shape index (κ1) is 31.4. The van der Waals surface area contributed by atoms with Gasteiger partial charge < -0.3 is 25.2 Å². The van der Waals surface area contributed by atoms with Crippen molar-refractivity contribution in [3.8, 4) is 5.75 Å². The van der Waals surface area contributed by atoms with Gasteiger partial charge in [-0.1, -0.05) is 39.0 Å². The minimum absolute atomic E-state index is 0.0553. The Morgan fingerprint density at radius 1 is 1.26 bits per heavy atom. The maximum absolute atomic E-state index is 14.0. The van der Waals surface area contributed by atoms with Gasteiger partial charge in [-0.25, -0.2) is 15.7 Å². The van der Waals surface area contributed by atoms with E-state index >= 15 is 0 Å². The van der Waals surface area contributed by atoms with Gasteiger partial charge in [0.25, 0.3) is 0 Å². The van der Waals surface area contributed by atoms with Crippen molar-refractivity contribution in [1.29, 1.82) is 0 Å². The van der Waals surface area contributed by atoms with Crippen LogP contribution in [0.2, 0.25) is 0 Å². The van der Waals surface area contributed by atoms with Crippen LogP contribution in [0.3, 0.4) is 0 Å². The van der Waals surface area contributed by atoms with Crippen LogP contribution in [-0.4, -0.2) is 63.0 Å². The number of hydrogen-bond acceptors (Lipinski definition) is 10. The Hall–Kier alpha value is -3.50. The molecule has 1 fully saturated rings. The molecule has 4 rings (SSSR count). The summed E-state index contributed by atoms with van der Waals surface area (Å²) in [4.78, 5) is 16.1. The first-order valence-corrected chi connectivity index (χ1v) is 14.9. The summed E-state index contributed by atoms with van der Waals surface area (Å²) < 4.78 is 37.9. The van der Waals surface area contributed by atoms with E-state index in [0.29, 0.717) is 23.3 Å². The summed E-state index contributed by atoms with van der Waals surface area (Å²) in [6.45, 7) is 14.7. The normalized spacial score (nSPS) is 24.5. The zero-order chi connectivity index (χ0) is 30.7. The summed E-state index contributed by atoms with van der Waals surface area (Å²) in [5, 5.41) is 28.7. The number of benzene rings is 1. The van der Waals surface area contributed by atoms with Crippen molar-refractivity contribution in [2.75, 3.05) is 18.9 Å². The number of aromatic nitrogens is 2. The number of aliphatic hydroxyl groups is 2. The molecule has 0 aliphatic carbocycles. The highest BCUT2D eigenvalue weighted by atomic mass is 31.2. The van der Waals surface area contributed by atoms with Gasteiger partial charge in [0.15, 0.2) is 12.7 Å². The van der Waals surface area contributed by atoms with Crippen molar-refractivity contribution in [3.63, 3.8) is 0 Å². The van der Waals surface area contributed by atoms with Crippen molar-refractivity contribution >= 4 is 24.9 Å². The number of hydrogen-bond donors (Lipinski definition) is 4. The fraction of sp³-hybridized carbons (Fsp3) is 0.464. The molecule has 226 valence electrons. The van der Waals surface area contributed by atoms with Crippen LogP contribution in [0.25, 0.3) is 10.4 Å². The largest absolute Gasteiger partial charge is 0.465 e. The third-order valence-electron chi connectivity index (χ3n) is 6.74. The van der Waals surface area contributed by atoms with E-state index in [1.54, 1.807) is 36.4 Å². The first-order chi connectivity index (χ1) is 19.8. The standard InChI is InChI=1S/C28H36N5O8P/c1-18(26(36)38-16-14-27(2,3)4)32-42(37,41-19-9-7-6-8-10-19)39-17-28(30-5)25(35)23(34)24(40-28)22-12-11-21-20(29)13-15-31-33(21)22/h6-13,15,18,23-25,34-35H,14,16-17,29H2,1-4H3,(H,32,37)/t18-,23-,24-,25-,28+,42-/m0/s1. The molecule has 1 aliphatic heterocycles. The van der Waals surface area contributed by atoms with Crippen molar-refractivity contribution in [3.05, 3.63) is 71.8 Å². The van der Waals surface area contributed by atoms with Crippen LogP contribution in [0.1, 0.15) is 45.9 Å². The summed E-state index contributed by atoms with van der Waals surface area (Å²) in [5.74, 6) is -0.522. The molecule has 0 radical (unpaired) electrons. The minimum Gasteiger partial charge on any atom is -0.465 e. The van der Waals surface area contributed by atoms with E-state index in [1.165, 1.54) is 29.8 Å². The summed E-state index contributed by atoms with van der Waals surface area (Å²) in [6.07, 6.45) is -2.45. The number of carbonyl (C=O) groups is 1. The van der Waals surface area contributed by atoms with Crippen LogP contribution in [-0.2, 0) is 23.4 Å². The number of anilines is 1. The van der Waals surface area contributed by atoms with Gasteiger partial charge >= 0.3 is 19.4 Å². The Balaban J connectivity index is 1.54. The molecule has 0 amide bonds. The number of nitrogens with one attached hydrogen (secondary N) is 1. The van der Waals surface area contributed by atoms with Crippen molar-refractivity contribution in [1.82, 2.24) is 14.7 Å². The molecule has 0 bridgehead atoms. The monoisotopic (exact) mass is 601 g/mol. The number of nitrogens with zero attached hydrogens (tertiary/aromatic N) is 3. The average Bonchev–Trinajstić information content (AvgIpc) is 3.47. The second-order valence-corrected chi connectivity index (χ2v) is 13.0. The third-order valence-corrected chi connectivity index (χ3v) is 8.36. The molecule has 3 heterocycles. The average molecular weight is 602 g/mol. The van der Waals surface area contributed by atoms with Crippen LogP contribution in [0.4, 0.5) is 5.69 Å². The van der Waals surface area contributed by atoms with E-state index in [1.807, 2.05) is 20.8 Å². The number of fused-ring (bicyclic) bond motifs is 1. The predicted molar refractivity (Wildman–Crippen MR) is 153 cm³/mol. The molecule has 0 saturated carbocycles. The highest BCUT2D eigenvalue weighted by Crippen LogP contribution is 2.49. The second kappa shape index (κ2) is 12.4. The number of para-hydroxylation sites is 1. The number of rotatable bonds is 11. The quantitative estimate of drug-likeness (QED) is 0.144. The number of nitrogen functional groups attached to an aromatic ring is 1. The topological polar surface area (TPSA) is 171 Å². The molecular weight excluding hydrogens is 565 g/mol. The predicted octanol–water partition coefficient (Wildman–Crippen LogP) is 3.49. The Bertz CT molecular complexity index is 1490. The Morgan fingerprint density at radius 3 is 2.64 bits per heavy atom. The Kier molecular flexibility index (Phi) is 9.27. The lowest BCUT2D eigenvalue weighted by Gasteiger charge is -2.26. The highest BCUT2D eigenvalue weighted by molar-refractivity contribution is 7.52. The number of aliphatic hydroxyl groups excluding tert-OH is 2. The van der Waals surface area contributed by atoms with Gasteiger partial charge in [-0.2, -0.15) is 10.2 Å². The molecule has 42 heavy (non-hydrogen) atoms. The molecular formula is C28H36N5O8P.